The number of aromatic carboxylic acids is 1. The van der Waals surface area contributed by atoms with Gasteiger partial charge in [-0.3, -0.25) is 0 Å². The van der Waals surface area contributed by atoms with Crippen LogP contribution in [0.15, 0.2) is 34.3 Å². The molecule has 2 rings (SSSR count). The van der Waals surface area contributed by atoms with E-state index in [1.807, 2.05) is 26.0 Å². The SMILES string of the molecule is Cc1cc(C)nc(Sc2cnc(N)cc2C(=O)O)c1. The Morgan fingerprint density at radius 3 is 2.68 bits per heavy atom. The summed E-state index contributed by atoms with van der Waals surface area (Å²) in [5.41, 5.74) is 7.62. The summed E-state index contributed by atoms with van der Waals surface area (Å²) in [4.78, 5) is 20.0. The molecule has 6 heteroatoms. The predicted molar refractivity (Wildman–Crippen MR) is 73.4 cm³/mol. The lowest BCUT2D eigenvalue weighted by molar-refractivity contribution is 0.0693. The van der Waals surface area contributed by atoms with E-state index < -0.39 is 5.97 Å². The van der Waals surface area contributed by atoms with Crippen molar-refractivity contribution in [3.63, 3.8) is 0 Å². The highest BCUT2D eigenvalue weighted by Gasteiger charge is 2.13. The number of carbonyl (C=O) groups is 1. The molecule has 0 radical (unpaired) electrons. The van der Waals surface area contributed by atoms with Crippen molar-refractivity contribution >= 4 is 23.5 Å². The molecule has 2 heterocycles. The molecular formula is C13H13N3O2S. The molecule has 0 saturated heterocycles. The van der Waals surface area contributed by atoms with Crippen molar-refractivity contribution in [1.29, 1.82) is 0 Å². The van der Waals surface area contributed by atoms with Crippen LogP contribution in [0.2, 0.25) is 0 Å². The van der Waals surface area contributed by atoms with Gasteiger partial charge < -0.3 is 10.8 Å². The Bertz CT molecular complexity index is 624. The van der Waals surface area contributed by atoms with Crippen molar-refractivity contribution in [3.05, 3.63) is 41.2 Å². The Hall–Kier alpha value is -2.08. The van der Waals surface area contributed by atoms with Crippen molar-refractivity contribution < 1.29 is 9.90 Å². The number of pyridine rings is 2. The molecule has 0 fully saturated rings. The zero-order valence-electron chi connectivity index (χ0n) is 10.5. The van der Waals surface area contributed by atoms with Gasteiger partial charge in [-0.25, -0.2) is 14.8 Å². The van der Waals surface area contributed by atoms with E-state index in [1.54, 1.807) is 0 Å². The highest BCUT2D eigenvalue weighted by molar-refractivity contribution is 7.99. The van der Waals surface area contributed by atoms with Gasteiger partial charge in [-0.05, 0) is 37.6 Å². The van der Waals surface area contributed by atoms with E-state index in [4.69, 9.17) is 10.8 Å². The molecule has 0 unspecified atom stereocenters. The van der Waals surface area contributed by atoms with Gasteiger partial charge in [0.15, 0.2) is 0 Å². The summed E-state index contributed by atoms with van der Waals surface area (Å²) in [6, 6.07) is 5.22. The third-order valence-electron chi connectivity index (χ3n) is 2.41. The molecule has 2 aromatic heterocycles. The minimum Gasteiger partial charge on any atom is -0.478 e. The van der Waals surface area contributed by atoms with Gasteiger partial charge >= 0.3 is 5.97 Å². The topological polar surface area (TPSA) is 89.1 Å². The van der Waals surface area contributed by atoms with Gasteiger partial charge in [-0.15, -0.1) is 0 Å². The smallest absolute Gasteiger partial charge is 0.337 e. The average molecular weight is 275 g/mol. The first-order valence-electron chi connectivity index (χ1n) is 5.57. The van der Waals surface area contributed by atoms with Crippen LogP contribution in [-0.4, -0.2) is 21.0 Å². The van der Waals surface area contributed by atoms with Crippen LogP contribution in [-0.2, 0) is 0 Å². The van der Waals surface area contributed by atoms with Gasteiger partial charge in [0.05, 0.1) is 5.56 Å². The van der Waals surface area contributed by atoms with Crippen molar-refractivity contribution in [2.75, 3.05) is 5.73 Å². The van der Waals surface area contributed by atoms with Crippen LogP contribution in [0.1, 0.15) is 21.6 Å². The van der Waals surface area contributed by atoms with Gasteiger partial charge in [0.1, 0.15) is 10.8 Å². The molecule has 3 N–H and O–H groups in total. The molecule has 0 saturated carbocycles. The van der Waals surface area contributed by atoms with Gasteiger partial charge in [-0.1, -0.05) is 11.8 Å². The summed E-state index contributed by atoms with van der Waals surface area (Å²) in [6.45, 7) is 3.87. The summed E-state index contributed by atoms with van der Waals surface area (Å²) in [5.74, 6) is -0.837. The third-order valence-corrected chi connectivity index (χ3v) is 3.37. The van der Waals surface area contributed by atoms with E-state index in [2.05, 4.69) is 9.97 Å². The van der Waals surface area contributed by atoms with Gasteiger partial charge in [0, 0.05) is 16.8 Å². The average Bonchev–Trinajstić information content (AvgIpc) is 2.30. The number of nitrogens with zero attached hydrogens (tertiary/aromatic N) is 2. The molecule has 98 valence electrons. The molecule has 0 aromatic carbocycles. The number of hydrogen-bond acceptors (Lipinski definition) is 5. The molecule has 0 amide bonds. The van der Waals surface area contributed by atoms with Crippen LogP contribution in [0.5, 0.6) is 0 Å². The first-order valence-corrected chi connectivity index (χ1v) is 6.39. The van der Waals surface area contributed by atoms with Gasteiger partial charge in [-0.2, -0.15) is 0 Å². The Kier molecular flexibility index (Phi) is 3.71. The maximum Gasteiger partial charge on any atom is 0.337 e. The predicted octanol–water partition coefficient (Wildman–Crippen LogP) is 2.53. The standard InChI is InChI=1S/C13H13N3O2S/c1-7-3-8(2)16-12(4-7)19-10-6-15-11(14)5-9(10)13(17)18/h3-6H,1-2H3,(H2,14,15)(H,17,18). The van der Waals surface area contributed by atoms with E-state index in [0.717, 1.165) is 16.3 Å². The fourth-order valence-corrected chi connectivity index (χ4v) is 2.70. The zero-order chi connectivity index (χ0) is 14.0. The van der Waals surface area contributed by atoms with Crippen LogP contribution in [0.4, 0.5) is 5.82 Å². The lowest BCUT2D eigenvalue weighted by atomic mass is 10.2. The van der Waals surface area contributed by atoms with Crippen molar-refractivity contribution in [2.45, 2.75) is 23.8 Å². The first-order chi connectivity index (χ1) is 8.95. The van der Waals surface area contributed by atoms with E-state index in [9.17, 15) is 4.79 Å². The zero-order valence-corrected chi connectivity index (χ0v) is 11.4. The number of aryl methyl sites for hydroxylation is 2. The van der Waals surface area contributed by atoms with E-state index in [0.29, 0.717) is 4.90 Å². The Balaban J connectivity index is 2.40. The van der Waals surface area contributed by atoms with Crippen LogP contribution >= 0.6 is 11.8 Å². The minimum atomic E-state index is -1.03. The van der Waals surface area contributed by atoms with E-state index in [1.165, 1.54) is 24.0 Å². The summed E-state index contributed by atoms with van der Waals surface area (Å²) in [7, 11) is 0. The van der Waals surface area contributed by atoms with Crippen LogP contribution in [0.3, 0.4) is 0 Å². The second-order valence-corrected chi connectivity index (χ2v) is 5.20. The Morgan fingerprint density at radius 2 is 2.05 bits per heavy atom. The fraction of sp³-hybridized carbons (Fsp3) is 0.154. The summed E-state index contributed by atoms with van der Waals surface area (Å²) in [5, 5.41) is 9.90. The number of rotatable bonds is 3. The number of aromatic nitrogens is 2. The quantitative estimate of drug-likeness (QED) is 0.894. The van der Waals surface area contributed by atoms with Gasteiger partial charge in [0.25, 0.3) is 0 Å². The first kappa shape index (κ1) is 13.4. The second kappa shape index (κ2) is 5.27. The molecule has 0 aliphatic rings. The molecule has 5 nitrogen and oxygen atoms in total. The van der Waals surface area contributed by atoms with Crippen LogP contribution in [0, 0.1) is 13.8 Å². The van der Waals surface area contributed by atoms with Crippen molar-refractivity contribution in [1.82, 2.24) is 9.97 Å². The summed E-state index contributed by atoms with van der Waals surface area (Å²) < 4.78 is 0. The Morgan fingerprint density at radius 1 is 1.32 bits per heavy atom. The van der Waals surface area contributed by atoms with E-state index in [-0.39, 0.29) is 11.4 Å². The normalized spacial score (nSPS) is 10.4. The lowest BCUT2D eigenvalue weighted by Gasteiger charge is -2.07. The molecule has 0 bridgehead atoms. The number of anilines is 1. The van der Waals surface area contributed by atoms with E-state index >= 15 is 0 Å². The lowest BCUT2D eigenvalue weighted by Crippen LogP contribution is -2.02. The highest BCUT2D eigenvalue weighted by Crippen LogP contribution is 2.30. The maximum absolute atomic E-state index is 11.2. The summed E-state index contributed by atoms with van der Waals surface area (Å²) in [6.07, 6.45) is 1.46. The number of carboxylic acid groups (broad SMARTS) is 1. The number of nitrogens with two attached hydrogens (primary N) is 1. The Labute approximate surface area is 114 Å². The third kappa shape index (κ3) is 3.23. The monoisotopic (exact) mass is 275 g/mol. The highest BCUT2D eigenvalue weighted by atomic mass is 32.2. The van der Waals surface area contributed by atoms with Gasteiger partial charge in [0.2, 0.25) is 0 Å². The fourth-order valence-electron chi connectivity index (χ4n) is 1.68. The second-order valence-electron chi connectivity index (χ2n) is 4.14. The molecule has 0 spiro atoms. The van der Waals surface area contributed by atoms with Crippen molar-refractivity contribution in [3.8, 4) is 0 Å². The number of nitrogen functional groups attached to an aromatic ring is 1. The minimum absolute atomic E-state index is 0.137. The number of carboxylic acids is 1. The van der Waals surface area contributed by atoms with Crippen LogP contribution < -0.4 is 5.73 Å². The molecule has 2 aromatic rings. The molecular weight excluding hydrogens is 262 g/mol. The molecule has 19 heavy (non-hydrogen) atoms. The number of hydrogen-bond donors (Lipinski definition) is 2. The maximum atomic E-state index is 11.2. The molecule has 0 aliphatic carbocycles. The largest absolute Gasteiger partial charge is 0.478 e. The molecule has 0 atom stereocenters. The summed E-state index contributed by atoms with van der Waals surface area (Å²) >= 11 is 1.27. The van der Waals surface area contributed by atoms with Crippen molar-refractivity contribution in [2.24, 2.45) is 0 Å². The van der Waals surface area contributed by atoms with Crippen LogP contribution in [0.25, 0.3) is 0 Å². The molecule has 0 aliphatic heterocycles.